The molecular formula is C22H19N3O2S. The summed E-state index contributed by atoms with van der Waals surface area (Å²) in [6.07, 6.45) is 1.67. The number of hydrogen-bond acceptors (Lipinski definition) is 4. The number of nitrogens with one attached hydrogen (secondary N) is 1. The molecule has 0 saturated carbocycles. The number of aliphatic imine (C=N–C) groups is 1. The van der Waals surface area contributed by atoms with Crippen LogP contribution in [-0.4, -0.2) is 14.6 Å². The lowest BCUT2D eigenvalue weighted by atomic mass is 10.1. The first-order valence-corrected chi connectivity index (χ1v) is 10.1. The molecule has 0 heterocycles. The minimum Gasteiger partial charge on any atom is -0.279 e. The van der Waals surface area contributed by atoms with E-state index in [2.05, 4.69) is 15.8 Å². The van der Waals surface area contributed by atoms with Gasteiger partial charge in [0.15, 0.2) is 0 Å². The lowest BCUT2D eigenvalue weighted by molar-refractivity contribution is 0.601. The van der Waals surface area contributed by atoms with Gasteiger partial charge in [-0.25, -0.2) is 8.42 Å². The number of rotatable bonds is 5. The smallest absolute Gasteiger partial charge is 0.261 e. The normalized spacial score (nSPS) is 11.3. The van der Waals surface area contributed by atoms with Crippen molar-refractivity contribution in [2.24, 2.45) is 4.99 Å². The summed E-state index contributed by atoms with van der Waals surface area (Å²) < 4.78 is 27.9. The summed E-state index contributed by atoms with van der Waals surface area (Å²) in [5, 5.41) is 8.81. The van der Waals surface area contributed by atoms with E-state index >= 15 is 0 Å². The molecule has 0 fully saturated rings. The van der Waals surface area contributed by atoms with E-state index in [0.29, 0.717) is 16.9 Å². The number of benzene rings is 3. The molecule has 140 valence electrons. The van der Waals surface area contributed by atoms with Crippen molar-refractivity contribution < 1.29 is 8.42 Å². The Kier molecular flexibility index (Phi) is 5.57. The maximum Gasteiger partial charge on any atom is 0.261 e. The van der Waals surface area contributed by atoms with Crippen molar-refractivity contribution in [1.29, 1.82) is 5.26 Å². The van der Waals surface area contributed by atoms with Gasteiger partial charge in [-0.15, -0.1) is 0 Å². The molecule has 0 bridgehead atoms. The number of sulfonamides is 1. The molecule has 0 aliphatic rings. The largest absolute Gasteiger partial charge is 0.279 e. The van der Waals surface area contributed by atoms with Crippen molar-refractivity contribution in [2.45, 2.75) is 18.7 Å². The van der Waals surface area contributed by atoms with Crippen LogP contribution in [0.4, 0.5) is 11.4 Å². The van der Waals surface area contributed by atoms with Crippen molar-refractivity contribution in [1.82, 2.24) is 0 Å². The second-order valence-corrected chi connectivity index (χ2v) is 8.09. The fourth-order valence-electron chi connectivity index (χ4n) is 2.64. The van der Waals surface area contributed by atoms with Crippen molar-refractivity contribution in [2.75, 3.05) is 4.72 Å². The molecule has 0 unspecified atom stereocenters. The summed E-state index contributed by atoms with van der Waals surface area (Å²) in [4.78, 5) is 4.51. The van der Waals surface area contributed by atoms with Gasteiger partial charge in [0.05, 0.1) is 27.9 Å². The van der Waals surface area contributed by atoms with Gasteiger partial charge < -0.3 is 0 Å². The molecule has 0 aliphatic carbocycles. The fraction of sp³-hybridized carbons (Fsp3) is 0.0909. The van der Waals surface area contributed by atoms with Crippen molar-refractivity contribution in [3.05, 3.63) is 89.0 Å². The molecule has 6 heteroatoms. The summed E-state index contributed by atoms with van der Waals surface area (Å²) in [6.45, 7) is 3.83. The van der Waals surface area contributed by atoms with E-state index in [-0.39, 0.29) is 4.90 Å². The van der Waals surface area contributed by atoms with Crippen molar-refractivity contribution in [3.63, 3.8) is 0 Å². The van der Waals surface area contributed by atoms with Crippen molar-refractivity contribution >= 4 is 27.6 Å². The Balaban J connectivity index is 1.75. The molecule has 0 aromatic heterocycles. The second-order valence-electron chi connectivity index (χ2n) is 6.41. The van der Waals surface area contributed by atoms with E-state index in [1.807, 2.05) is 26.0 Å². The van der Waals surface area contributed by atoms with Gasteiger partial charge in [0.1, 0.15) is 0 Å². The molecule has 3 aromatic rings. The average Bonchev–Trinajstić information content (AvgIpc) is 2.69. The van der Waals surface area contributed by atoms with Gasteiger partial charge in [-0.3, -0.25) is 9.71 Å². The topological polar surface area (TPSA) is 82.3 Å². The summed E-state index contributed by atoms with van der Waals surface area (Å²) in [5.74, 6) is 0. The van der Waals surface area contributed by atoms with E-state index in [0.717, 1.165) is 16.7 Å². The van der Waals surface area contributed by atoms with Crippen LogP contribution >= 0.6 is 0 Å². The average molecular weight is 389 g/mol. The van der Waals surface area contributed by atoms with Crippen molar-refractivity contribution in [3.8, 4) is 6.07 Å². The van der Waals surface area contributed by atoms with Gasteiger partial charge >= 0.3 is 0 Å². The summed E-state index contributed by atoms with van der Waals surface area (Å²) in [5.41, 5.74) is 4.58. The van der Waals surface area contributed by atoms with Crippen LogP contribution in [0.2, 0.25) is 0 Å². The van der Waals surface area contributed by atoms with Gasteiger partial charge in [0.25, 0.3) is 10.0 Å². The van der Waals surface area contributed by atoms with Gasteiger partial charge in [-0.05, 0) is 67.4 Å². The zero-order valence-corrected chi connectivity index (χ0v) is 16.4. The maximum absolute atomic E-state index is 12.6. The predicted octanol–water partition coefficient (Wildman–Crippen LogP) is 4.73. The molecule has 0 amide bonds. The van der Waals surface area contributed by atoms with E-state index in [4.69, 9.17) is 5.26 Å². The maximum atomic E-state index is 12.6. The molecule has 0 aliphatic heterocycles. The SMILES string of the molecule is Cc1ccc(NS(=O)(=O)c2ccc(N=Cc3ccc(C#N)cc3)cc2)c(C)c1. The first kappa shape index (κ1) is 19.3. The highest BCUT2D eigenvalue weighted by Crippen LogP contribution is 2.22. The number of hydrogen-bond donors (Lipinski definition) is 1. The quantitative estimate of drug-likeness (QED) is 0.641. The minimum absolute atomic E-state index is 0.171. The van der Waals surface area contributed by atoms with E-state index < -0.39 is 10.0 Å². The van der Waals surface area contributed by atoms with Crippen LogP contribution in [0.25, 0.3) is 0 Å². The summed E-state index contributed by atoms with van der Waals surface area (Å²) in [7, 11) is -3.67. The number of nitriles is 1. The molecular weight excluding hydrogens is 370 g/mol. The molecule has 3 aromatic carbocycles. The zero-order chi connectivity index (χ0) is 20.1. The van der Waals surface area contributed by atoms with Crippen LogP contribution in [0.3, 0.4) is 0 Å². The van der Waals surface area contributed by atoms with Crippen LogP contribution in [0.1, 0.15) is 22.3 Å². The zero-order valence-electron chi connectivity index (χ0n) is 15.5. The van der Waals surface area contributed by atoms with Crippen LogP contribution in [0.15, 0.2) is 76.6 Å². The third-order valence-corrected chi connectivity index (χ3v) is 5.56. The molecule has 5 nitrogen and oxygen atoms in total. The van der Waals surface area contributed by atoms with Crippen LogP contribution < -0.4 is 4.72 Å². The number of aryl methyl sites for hydroxylation is 2. The number of nitrogens with zero attached hydrogens (tertiary/aromatic N) is 2. The van der Waals surface area contributed by atoms with Crippen LogP contribution in [0, 0.1) is 25.2 Å². The molecule has 0 saturated heterocycles. The first-order valence-electron chi connectivity index (χ1n) is 8.62. The third kappa shape index (κ3) is 4.64. The third-order valence-electron chi connectivity index (χ3n) is 4.18. The Morgan fingerprint density at radius 3 is 2.25 bits per heavy atom. The Hall–Kier alpha value is -3.43. The first-order chi connectivity index (χ1) is 13.4. The van der Waals surface area contributed by atoms with Gasteiger partial charge in [0.2, 0.25) is 0 Å². The fourth-order valence-corrected chi connectivity index (χ4v) is 3.77. The lowest BCUT2D eigenvalue weighted by Gasteiger charge is -2.11. The summed E-state index contributed by atoms with van der Waals surface area (Å²) >= 11 is 0. The lowest BCUT2D eigenvalue weighted by Crippen LogP contribution is -2.13. The molecule has 0 radical (unpaired) electrons. The minimum atomic E-state index is -3.67. The highest BCUT2D eigenvalue weighted by atomic mass is 32.2. The van der Waals surface area contributed by atoms with Gasteiger partial charge in [0, 0.05) is 6.21 Å². The Morgan fingerprint density at radius 2 is 1.64 bits per heavy atom. The van der Waals surface area contributed by atoms with E-state index in [1.165, 1.54) is 12.1 Å². The van der Waals surface area contributed by atoms with Crippen LogP contribution in [0.5, 0.6) is 0 Å². The Labute approximate surface area is 165 Å². The Bertz CT molecular complexity index is 1160. The predicted molar refractivity (Wildman–Crippen MR) is 112 cm³/mol. The van der Waals surface area contributed by atoms with Gasteiger partial charge in [-0.1, -0.05) is 29.8 Å². The Morgan fingerprint density at radius 1 is 0.964 bits per heavy atom. The highest BCUT2D eigenvalue weighted by molar-refractivity contribution is 7.92. The second kappa shape index (κ2) is 8.07. The monoisotopic (exact) mass is 389 g/mol. The molecule has 28 heavy (non-hydrogen) atoms. The molecule has 0 atom stereocenters. The summed E-state index contributed by atoms with van der Waals surface area (Å²) in [6, 6.07) is 21.0. The molecule has 1 N–H and O–H groups in total. The van der Waals surface area contributed by atoms with E-state index in [9.17, 15) is 8.42 Å². The standard InChI is InChI=1S/C22H19N3O2S/c1-16-3-12-22(17(2)13-16)25-28(26,27)21-10-8-20(9-11-21)24-15-19-6-4-18(14-23)5-7-19/h3-13,15,25H,1-2H3. The highest BCUT2D eigenvalue weighted by Gasteiger charge is 2.15. The van der Waals surface area contributed by atoms with E-state index in [1.54, 1.807) is 48.7 Å². The van der Waals surface area contributed by atoms with Gasteiger partial charge in [-0.2, -0.15) is 5.26 Å². The van der Waals surface area contributed by atoms with Crippen LogP contribution in [-0.2, 0) is 10.0 Å². The molecule has 3 rings (SSSR count). The molecule has 0 spiro atoms. The number of anilines is 1.